The number of terminal acetylenes is 1. The van der Waals surface area contributed by atoms with Crippen molar-refractivity contribution in [2.24, 2.45) is 11.8 Å². The molecule has 0 spiro atoms. The summed E-state index contributed by atoms with van der Waals surface area (Å²) in [5.41, 5.74) is 0. The Bertz CT molecular complexity index is 136. The molecule has 2 atom stereocenters. The Labute approximate surface area is 76.1 Å². The number of rotatable bonds is 0. The average molecular weight is 165 g/mol. The van der Waals surface area contributed by atoms with Crippen LogP contribution in [0.1, 0.15) is 25.7 Å². The molecule has 1 aliphatic heterocycles. The van der Waals surface area contributed by atoms with Gasteiger partial charge in [-0.15, -0.1) is 12.8 Å². The molecule has 0 aromatic rings. The van der Waals surface area contributed by atoms with Gasteiger partial charge in [-0.1, -0.05) is 12.8 Å². The number of fused-ring (bicyclic) bond motifs is 1. The van der Waals surface area contributed by atoms with Crippen LogP contribution in [-0.4, -0.2) is 25.0 Å². The minimum atomic E-state index is 1.07. The van der Waals surface area contributed by atoms with Gasteiger partial charge in [0.1, 0.15) is 0 Å². The lowest BCUT2D eigenvalue weighted by molar-refractivity contribution is 0.299. The highest BCUT2D eigenvalue weighted by Crippen LogP contribution is 2.34. The highest BCUT2D eigenvalue weighted by Gasteiger charge is 2.31. The van der Waals surface area contributed by atoms with Crippen LogP contribution in [0.25, 0.3) is 0 Å². The van der Waals surface area contributed by atoms with E-state index in [9.17, 15) is 0 Å². The molecule has 0 N–H and O–H groups in total. The van der Waals surface area contributed by atoms with Gasteiger partial charge in [-0.25, -0.2) is 0 Å². The first-order valence-corrected chi connectivity index (χ1v) is 4.88. The second-order valence-corrected chi connectivity index (χ2v) is 4.03. The van der Waals surface area contributed by atoms with Crippen LogP contribution in [0.4, 0.5) is 0 Å². The largest absolute Gasteiger partial charge is 0.306 e. The third kappa shape index (κ3) is 2.01. The van der Waals surface area contributed by atoms with Crippen LogP contribution in [0.15, 0.2) is 0 Å². The van der Waals surface area contributed by atoms with Gasteiger partial charge in [-0.3, -0.25) is 0 Å². The van der Waals surface area contributed by atoms with E-state index in [4.69, 9.17) is 0 Å². The molecule has 68 valence electrons. The molecule has 1 aliphatic carbocycles. The van der Waals surface area contributed by atoms with E-state index in [-0.39, 0.29) is 0 Å². The van der Waals surface area contributed by atoms with Crippen molar-refractivity contribution in [2.45, 2.75) is 25.7 Å². The van der Waals surface area contributed by atoms with Crippen molar-refractivity contribution in [1.29, 1.82) is 0 Å². The van der Waals surface area contributed by atoms with E-state index >= 15 is 0 Å². The molecule has 0 amide bonds. The maximum Gasteiger partial charge on any atom is 0.000985 e. The standard InChI is InChI=1S/C9H17N.C2H2/c1-10-6-8-4-2-3-5-9(8)7-10;1-2/h8-9H,2-7H2,1H3;1-2H. The predicted octanol–water partition coefficient (Wildman–Crippen LogP) is 1.99. The fourth-order valence-electron chi connectivity index (χ4n) is 2.64. The van der Waals surface area contributed by atoms with E-state index in [1.165, 1.54) is 38.8 Å². The first kappa shape index (κ1) is 9.61. The van der Waals surface area contributed by atoms with Crippen molar-refractivity contribution in [1.82, 2.24) is 4.90 Å². The highest BCUT2D eigenvalue weighted by atomic mass is 15.1. The van der Waals surface area contributed by atoms with Crippen molar-refractivity contribution >= 4 is 0 Å². The second kappa shape index (κ2) is 4.52. The average Bonchev–Trinajstić information content (AvgIpc) is 2.48. The van der Waals surface area contributed by atoms with Gasteiger partial charge in [-0.05, 0) is 31.7 Å². The molecule has 0 bridgehead atoms. The maximum atomic E-state index is 4.00. The Morgan fingerprint density at radius 1 is 1.00 bits per heavy atom. The Hall–Kier alpha value is -0.480. The quantitative estimate of drug-likeness (QED) is 0.496. The third-order valence-electron chi connectivity index (χ3n) is 3.16. The van der Waals surface area contributed by atoms with Crippen molar-refractivity contribution in [2.75, 3.05) is 20.1 Å². The zero-order valence-electron chi connectivity index (χ0n) is 8.00. The van der Waals surface area contributed by atoms with E-state index in [1.54, 1.807) is 0 Å². The molecule has 2 unspecified atom stereocenters. The number of nitrogens with zero attached hydrogens (tertiary/aromatic N) is 1. The fraction of sp³-hybridized carbons (Fsp3) is 0.818. The summed E-state index contributed by atoms with van der Waals surface area (Å²) >= 11 is 0. The van der Waals surface area contributed by atoms with Crippen LogP contribution in [0.5, 0.6) is 0 Å². The van der Waals surface area contributed by atoms with Gasteiger partial charge in [-0.2, -0.15) is 0 Å². The summed E-state index contributed by atoms with van der Waals surface area (Å²) < 4.78 is 0. The first-order chi connectivity index (χ1) is 5.86. The van der Waals surface area contributed by atoms with Crippen LogP contribution in [0.2, 0.25) is 0 Å². The maximum absolute atomic E-state index is 4.00. The van der Waals surface area contributed by atoms with Gasteiger partial charge >= 0.3 is 0 Å². The second-order valence-electron chi connectivity index (χ2n) is 4.03. The lowest BCUT2D eigenvalue weighted by atomic mass is 9.82. The molecule has 12 heavy (non-hydrogen) atoms. The zero-order chi connectivity index (χ0) is 8.97. The van der Waals surface area contributed by atoms with Gasteiger partial charge in [0.2, 0.25) is 0 Å². The van der Waals surface area contributed by atoms with Gasteiger partial charge in [0, 0.05) is 13.1 Å². The van der Waals surface area contributed by atoms with Crippen LogP contribution in [0, 0.1) is 24.7 Å². The molecule has 1 nitrogen and oxygen atoms in total. The number of hydrogen-bond donors (Lipinski definition) is 0. The lowest BCUT2D eigenvalue weighted by Gasteiger charge is -2.23. The molecule has 2 fully saturated rings. The van der Waals surface area contributed by atoms with Gasteiger partial charge in [0.05, 0.1) is 0 Å². The minimum absolute atomic E-state index is 1.07. The van der Waals surface area contributed by atoms with Crippen molar-refractivity contribution in [3.8, 4) is 12.8 Å². The van der Waals surface area contributed by atoms with Crippen LogP contribution in [0.3, 0.4) is 0 Å². The molecule has 2 aliphatic rings. The van der Waals surface area contributed by atoms with Crippen molar-refractivity contribution in [3.05, 3.63) is 0 Å². The summed E-state index contributed by atoms with van der Waals surface area (Å²) in [7, 11) is 2.26. The van der Waals surface area contributed by atoms with Gasteiger partial charge < -0.3 is 4.90 Å². The Kier molecular flexibility index (Phi) is 3.62. The van der Waals surface area contributed by atoms with Gasteiger partial charge in [0.15, 0.2) is 0 Å². The summed E-state index contributed by atoms with van der Waals surface area (Å²) in [6.45, 7) is 2.76. The summed E-state index contributed by atoms with van der Waals surface area (Å²) in [6, 6.07) is 0. The van der Waals surface area contributed by atoms with E-state index < -0.39 is 0 Å². The Morgan fingerprint density at radius 3 is 1.83 bits per heavy atom. The molecule has 1 heterocycles. The summed E-state index contributed by atoms with van der Waals surface area (Å²) in [5, 5.41) is 0. The van der Waals surface area contributed by atoms with Crippen LogP contribution < -0.4 is 0 Å². The molecule has 0 aromatic heterocycles. The van der Waals surface area contributed by atoms with Crippen LogP contribution >= 0.6 is 0 Å². The molecule has 1 saturated carbocycles. The molecular formula is C11H19N. The lowest BCUT2D eigenvalue weighted by Crippen LogP contribution is -2.16. The Morgan fingerprint density at radius 2 is 1.42 bits per heavy atom. The van der Waals surface area contributed by atoms with E-state index in [0.717, 1.165) is 11.8 Å². The SMILES string of the molecule is C#C.CN1CC2CCCCC2C1. The van der Waals surface area contributed by atoms with Crippen molar-refractivity contribution < 1.29 is 0 Å². The number of hydrogen-bond acceptors (Lipinski definition) is 1. The summed E-state index contributed by atoms with van der Waals surface area (Å²) in [6.07, 6.45) is 14.0. The van der Waals surface area contributed by atoms with Gasteiger partial charge in [0.25, 0.3) is 0 Å². The monoisotopic (exact) mass is 165 g/mol. The smallest absolute Gasteiger partial charge is 0.000985 e. The zero-order valence-corrected chi connectivity index (χ0v) is 8.00. The molecule has 2 rings (SSSR count). The fourth-order valence-corrected chi connectivity index (χ4v) is 2.64. The highest BCUT2D eigenvalue weighted by molar-refractivity contribution is 4.84. The van der Waals surface area contributed by atoms with Crippen LogP contribution in [-0.2, 0) is 0 Å². The normalized spacial score (nSPS) is 34.9. The first-order valence-electron chi connectivity index (χ1n) is 4.88. The molecule has 1 saturated heterocycles. The van der Waals surface area contributed by atoms with E-state index in [2.05, 4.69) is 24.8 Å². The summed E-state index contributed by atoms with van der Waals surface area (Å²) in [4.78, 5) is 2.50. The topological polar surface area (TPSA) is 3.24 Å². The van der Waals surface area contributed by atoms with Crippen molar-refractivity contribution in [3.63, 3.8) is 0 Å². The van der Waals surface area contributed by atoms with E-state index in [0.29, 0.717) is 0 Å². The minimum Gasteiger partial charge on any atom is -0.306 e. The summed E-state index contributed by atoms with van der Waals surface area (Å²) in [5.74, 6) is 2.14. The number of likely N-dealkylation sites (tertiary alicyclic amines) is 1. The Balaban J connectivity index is 0.000000336. The molecule has 0 radical (unpaired) electrons. The van der Waals surface area contributed by atoms with E-state index in [1.807, 2.05) is 0 Å². The third-order valence-corrected chi connectivity index (χ3v) is 3.16. The molecule has 0 aromatic carbocycles. The molecular weight excluding hydrogens is 146 g/mol. The molecule has 1 heteroatoms. The predicted molar refractivity (Wildman–Crippen MR) is 52.8 cm³/mol.